The van der Waals surface area contributed by atoms with Gasteiger partial charge >= 0.3 is 0 Å². The Kier molecular flexibility index (Phi) is 7.21. The highest BCUT2D eigenvalue weighted by Crippen LogP contribution is 2.20. The molecule has 2 aromatic carbocycles. The van der Waals surface area contributed by atoms with E-state index in [0.717, 1.165) is 15.7 Å². The first kappa shape index (κ1) is 20.0. The van der Waals surface area contributed by atoms with Gasteiger partial charge in [0.25, 0.3) is 5.91 Å². The highest BCUT2D eigenvalue weighted by Gasteiger charge is 2.13. The van der Waals surface area contributed by atoms with Crippen LogP contribution in [0.5, 0.6) is 5.75 Å². The molecule has 2 aromatic rings. The van der Waals surface area contributed by atoms with Gasteiger partial charge in [0.05, 0.1) is 11.7 Å². The summed E-state index contributed by atoms with van der Waals surface area (Å²) in [6.07, 6.45) is 0.165. The fourth-order valence-electron chi connectivity index (χ4n) is 2.38. The van der Waals surface area contributed by atoms with E-state index in [2.05, 4.69) is 26.6 Å². The predicted octanol–water partition coefficient (Wildman–Crippen LogP) is 4.30. The topological polar surface area (TPSA) is 67.4 Å². The summed E-state index contributed by atoms with van der Waals surface area (Å²) in [7, 11) is 0. The monoisotopic (exact) mass is 418 g/mol. The number of ether oxygens (including phenoxy) is 1. The van der Waals surface area contributed by atoms with Crippen molar-refractivity contribution < 1.29 is 14.3 Å². The van der Waals surface area contributed by atoms with Crippen LogP contribution in [0, 0.1) is 6.92 Å². The van der Waals surface area contributed by atoms with Crippen LogP contribution in [0.25, 0.3) is 0 Å². The molecular formula is C20H23BrN2O3. The van der Waals surface area contributed by atoms with E-state index in [4.69, 9.17) is 4.74 Å². The Hall–Kier alpha value is -2.34. The Morgan fingerprint density at radius 3 is 2.58 bits per heavy atom. The summed E-state index contributed by atoms with van der Waals surface area (Å²) in [6, 6.07) is 12.7. The Balaban J connectivity index is 1.87. The van der Waals surface area contributed by atoms with Crippen molar-refractivity contribution in [3.8, 4) is 5.75 Å². The van der Waals surface area contributed by atoms with Crippen molar-refractivity contribution in [2.24, 2.45) is 0 Å². The highest BCUT2D eigenvalue weighted by atomic mass is 79.9. The lowest BCUT2D eigenvalue weighted by molar-refractivity contribution is -0.116. The molecule has 0 aromatic heterocycles. The van der Waals surface area contributed by atoms with Crippen molar-refractivity contribution in [3.63, 3.8) is 0 Å². The minimum Gasteiger partial charge on any atom is -0.490 e. The number of hydrogen-bond acceptors (Lipinski definition) is 3. The summed E-state index contributed by atoms with van der Waals surface area (Å²) in [5, 5.41) is 5.62. The summed E-state index contributed by atoms with van der Waals surface area (Å²) >= 11 is 3.39. The summed E-state index contributed by atoms with van der Waals surface area (Å²) in [5.41, 5.74) is 2.20. The molecule has 0 spiro atoms. The van der Waals surface area contributed by atoms with Gasteiger partial charge in [-0.25, -0.2) is 0 Å². The van der Waals surface area contributed by atoms with Crippen molar-refractivity contribution in [2.75, 3.05) is 11.9 Å². The molecule has 0 radical (unpaired) electrons. The van der Waals surface area contributed by atoms with Gasteiger partial charge in [0.1, 0.15) is 5.75 Å². The number of nitrogens with one attached hydrogen (secondary N) is 2. The van der Waals surface area contributed by atoms with Crippen molar-refractivity contribution in [3.05, 3.63) is 58.1 Å². The van der Waals surface area contributed by atoms with Crippen molar-refractivity contribution >= 4 is 33.4 Å². The minimum absolute atomic E-state index is 0.0242. The van der Waals surface area contributed by atoms with Crippen molar-refractivity contribution in [2.45, 2.75) is 33.3 Å². The second-order valence-corrected chi connectivity index (χ2v) is 7.09. The summed E-state index contributed by atoms with van der Waals surface area (Å²) in [5.74, 6) is 0.131. The Labute approximate surface area is 162 Å². The van der Waals surface area contributed by atoms with E-state index < -0.39 is 0 Å². The average molecular weight is 419 g/mol. The predicted molar refractivity (Wildman–Crippen MR) is 107 cm³/mol. The van der Waals surface area contributed by atoms with Crippen LogP contribution < -0.4 is 15.4 Å². The zero-order chi connectivity index (χ0) is 19.1. The highest BCUT2D eigenvalue weighted by molar-refractivity contribution is 9.10. The van der Waals surface area contributed by atoms with Gasteiger partial charge in [-0.3, -0.25) is 9.59 Å². The Morgan fingerprint density at radius 1 is 1.15 bits per heavy atom. The summed E-state index contributed by atoms with van der Waals surface area (Å²) in [4.78, 5) is 24.4. The molecule has 0 atom stereocenters. The van der Waals surface area contributed by atoms with E-state index in [9.17, 15) is 9.59 Å². The van der Waals surface area contributed by atoms with Gasteiger partial charge in [0, 0.05) is 23.1 Å². The molecule has 2 amide bonds. The second kappa shape index (κ2) is 9.38. The van der Waals surface area contributed by atoms with E-state index >= 15 is 0 Å². The molecule has 0 saturated carbocycles. The van der Waals surface area contributed by atoms with Crippen molar-refractivity contribution in [1.29, 1.82) is 0 Å². The Morgan fingerprint density at radius 2 is 1.88 bits per heavy atom. The smallest absolute Gasteiger partial charge is 0.255 e. The number of para-hydroxylation sites is 1. The van der Waals surface area contributed by atoms with Crippen LogP contribution in [0.3, 0.4) is 0 Å². The molecular weight excluding hydrogens is 396 g/mol. The largest absolute Gasteiger partial charge is 0.490 e. The molecule has 0 unspecified atom stereocenters. The van der Waals surface area contributed by atoms with Crippen LogP contribution in [0.1, 0.15) is 36.2 Å². The van der Waals surface area contributed by atoms with Gasteiger partial charge in [-0.05, 0) is 56.7 Å². The van der Waals surface area contributed by atoms with Crippen LogP contribution in [0.15, 0.2) is 46.9 Å². The number of amides is 2. The van der Waals surface area contributed by atoms with Gasteiger partial charge in [0.15, 0.2) is 0 Å². The molecule has 0 saturated heterocycles. The van der Waals surface area contributed by atoms with Gasteiger partial charge < -0.3 is 15.4 Å². The first-order valence-electron chi connectivity index (χ1n) is 8.46. The first-order chi connectivity index (χ1) is 12.4. The zero-order valence-corrected chi connectivity index (χ0v) is 16.7. The summed E-state index contributed by atoms with van der Waals surface area (Å²) in [6.45, 7) is 5.98. The number of halogens is 1. The standard InChI is InChI=1S/C20H23BrN2O3/c1-13(2)26-18-7-5-4-6-16(18)20(25)22-11-10-19(24)23-17-9-8-15(21)12-14(17)3/h4-9,12-13H,10-11H2,1-3H3,(H,22,25)(H,23,24). The fourth-order valence-corrected chi connectivity index (χ4v) is 2.85. The third-order valence-electron chi connectivity index (χ3n) is 3.59. The molecule has 2 N–H and O–H groups in total. The third-order valence-corrected chi connectivity index (χ3v) is 4.09. The molecule has 0 fully saturated rings. The fraction of sp³-hybridized carbons (Fsp3) is 0.300. The SMILES string of the molecule is Cc1cc(Br)ccc1NC(=O)CCNC(=O)c1ccccc1OC(C)C. The molecule has 26 heavy (non-hydrogen) atoms. The minimum atomic E-state index is -0.256. The molecule has 0 bridgehead atoms. The molecule has 6 heteroatoms. The maximum Gasteiger partial charge on any atom is 0.255 e. The van der Waals surface area contributed by atoms with Gasteiger partial charge in [-0.15, -0.1) is 0 Å². The zero-order valence-electron chi connectivity index (χ0n) is 15.1. The molecule has 5 nitrogen and oxygen atoms in total. The van der Waals surface area contributed by atoms with Gasteiger partial charge in [-0.1, -0.05) is 28.1 Å². The maximum absolute atomic E-state index is 12.4. The van der Waals surface area contributed by atoms with Crippen molar-refractivity contribution in [1.82, 2.24) is 5.32 Å². The quantitative estimate of drug-likeness (QED) is 0.703. The molecule has 0 aliphatic carbocycles. The molecule has 0 aliphatic rings. The molecule has 2 rings (SSSR count). The van der Waals surface area contributed by atoms with E-state index in [1.807, 2.05) is 45.0 Å². The first-order valence-corrected chi connectivity index (χ1v) is 9.26. The lowest BCUT2D eigenvalue weighted by Gasteiger charge is -2.14. The van der Waals surface area contributed by atoms with Crippen LogP contribution in [-0.4, -0.2) is 24.5 Å². The normalized spacial score (nSPS) is 10.5. The maximum atomic E-state index is 12.4. The molecule has 0 heterocycles. The number of benzene rings is 2. The molecule has 0 aliphatic heterocycles. The van der Waals surface area contributed by atoms with Gasteiger partial charge in [0.2, 0.25) is 5.91 Å². The van der Waals surface area contributed by atoms with Crippen LogP contribution in [0.4, 0.5) is 5.69 Å². The van der Waals surface area contributed by atoms with Gasteiger partial charge in [-0.2, -0.15) is 0 Å². The van der Waals surface area contributed by atoms with E-state index in [0.29, 0.717) is 11.3 Å². The third kappa shape index (κ3) is 5.88. The second-order valence-electron chi connectivity index (χ2n) is 6.18. The van der Waals surface area contributed by atoms with E-state index in [-0.39, 0.29) is 30.9 Å². The lowest BCUT2D eigenvalue weighted by atomic mass is 10.2. The number of anilines is 1. The number of rotatable bonds is 7. The number of aryl methyl sites for hydroxylation is 1. The summed E-state index contributed by atoms with van der Waals surface area (Å²) < 4.78 is 6.61. The van der Waals surface area contributed by atoms with Crippen LogP contribution in [-0.2, 0) is 4.79 Å². The van der Waals surface area contributed by atoms with Crippen LogP contribution >= 0.6 is 15.9 Å². The van der Waals surface area contributed by atoms with Crippen LogP contribution in [0.2, 0.25) is 0 Å². The van der Waals surface area contributed by atoms with E-state index in [1.54, 1.807) is 18.2 Å². The van der Waals surface area contributed by atoms with E-state index in [1.165, 1.54) is 0 Å². The number of carbonyl (C=O) groups is 2. The molecule has 138 valence electrons. The number of hydrogen-bond donors (Lipinski definition) is 2. The lowest BCUT2D eigenvalue weighted by Crippen LogP contribution is -2.28. The Bertz CT molecular complexity index is 790. The average Bonchev–Trinajstić information content (AvgIpc) is 2.57. The number of carbonyl (C=O) groups excluding carboxylic acids is 2.